The highest BCUT2D eigenvalue weighted by molar-refractivity contribution is 5.89. The highest BCUT2D eigenvalue weighted by atomic mass is 19.4. The number of alkyl halides is 6. The molecule has 1 aliphatic rings. The first-order chi connectivity index (χ1) is 14.9. The molecule has 0 N–H and O–H groups in total. The van der Waals surface area contributed by atoms with Gasteiger partial charge < -0.3 is 0 Å². The average molecular weight is 451 g/mol. The molecule has 0 fully saturated rings. The van der Waals surface area contributed by atoms with Crippen molar-refractivity contribution in [2.75, 3.05) is 0 Å². The van der Waals surface area contributed by atoms with E-state index in [9.17, 15) is 31.1 Å². The van der Waals surface area contributed by atoms with Crippen LogP contribution in [0.3, 0.4) is 0 Å². The normalized spacial score (nSPS) is 16.5. The molecule has 0 aliphatic carbocycles. The van der Waals surface area contributed by atoms with E-state index in [1.807, 2.05) is 0 Å². The van der Waals surface area contributed by atoms with Gasteiger partial charge >= 0.3 is 12.4 Å². The molecule has 1 aromatic heterocycles. The molecule has 0 saturated carbocycles. The summed E-state index contributed by atoms with van der Waals surface area (Å²) in [5.41, 5.74) is -0.463. The molecular formula is C22H15F6N3O. The second-order valence-electron chi connectivity index (χ2n) is 7.40. The number of halogens is 6. The monoisotopic (exact) mass is 451 g/mol. The fourth-order valence-corrected chi connectivity index (χ4v) is 3.56. The van der Waals surface area contributed by atoms with Crippen molar-refractivity contribution < 1.29 is 26.3 Å². The zero-order chi connectivity index (χ0) is 23.3. The van der Waals surface area contributed by atoms with Gasteiger partial charge in [-0.1, -0.05) is 24.3 Å². The lowest BCUT2D eigenvalue weighted by molar-refractivity contribution is -0.138. The largest absolute Gasteiger partial charge is 0.416 e. The Morgan fingerprint density at radius 1 is 0.875 bits per heavy atom. The summed E-state index contributed by atoms with van der Waals surface area (Å²) in [7, 11) is 0. The zero-order valence-electron chi connectivity index (χ0n) is 16.5. The van der Waals surface area contributed by atoms with Crippen molar-refractivity contribution in [1.82, 2.24) is 9.66 Å². The van der Waals surface area contributed by atoms with Gasteiger partial charge in [0.05, 0.1) is 16.8 Å². The van der Waals surface area contributed by atoms with Crippen LogP contribution >= 0.6 is 0 Å². The Hall–Kier alpha value is -3.43. The molecule has 0 saturated heterocycles. The Bertz CT molecular complexity index is 1240. The van der Waals surface area contributed by atoms with Crippen LogP contribution in [0.15, 0.2) is 64.5 Å². The molecule has 4 nitrogen and oxygen atoms in total. The van der Waals surface area contributed by atoms with Gasteiger partial charge in [0.2, 0.25) is 0 Å². The van der Waals surface area contributed by atoms with E-state index in [0.29, 0.717) is 16.8 Å². The summed E-state index contributed by atoms with van der Waals surface area (Å²) in [5, 5.41) is 4.24. The van der Waals surface area contributed by atoms with Crippen LogP contribution in [-0.4, -0.2) is 15.4 Å². The third-order valence-corrected chi connectivity index (χ3v) is 5.26. The van der Waals surface area contributed by atoms with Crippen molar-refractivity contribution in [3.63, 3.8) is 0 Å². The summed E-state index contributed by atoms with van der Waals surface area (Å²) in [6.07, 6.45) is -8.74. The molecule has 32 heavy (non-hydrogen) atoms. The quantitative estimate of drug-likeness (QED) is 0.483. The number of rotatable bonds is 2. The van der Waals surface area contributed by atoms with E-state index in [0.717, 1.165) is 28.9 Å². The Kier molecular flexibility index (Phi) is 5.18. The van der Waals surface area contributed by atoms with Crippen molar-refractivity contribution in [2.45, 2.75) is 31.6 Å². The Labute approximate surface area is 177 Å². The maximum Gasteiger partial charge on any atom is 0.416 e. The van der Waals surface area contributed by atoms with Crippen molar-refractivity contribution in [3.8, 4) is 11.3 Å². The fraction of sp³-hybridized carbons (Fsp3) is 0.227. The highest BCUT2D eigenvalue weighted by Gasteiger charge is 2.32. The average Bonchev–Trinajstić information content (AvgIpc) is 2.73. The van der Waals surface area contributed by atoms with Crippen LogP contribution in [0.5, 0.6) is 0 Å². The maximum absolute atomic E-state index is 12.8. The minimum absolute atomic E-state index is 0.191. The van der Waals surface area contributed by atoms with E-state index in [1.54, 1.807) is 6.92 Å². The Balaban J connectivity index is 1.68. The van der Waals surface area contributed by atoms with E-state index >= 15 is 0 Å². The van der Waals surface area contributed by atoms with E-state index in [1.165, 1.54) is 30.3 Å². The first-order valence-corrected chi connectivity index (χ1v) is 9.47. The van der Waals surface area contributed by atoms with Crippen LogP contribution in [0.1, 0.15) is 35.4 Å². The lowest BCUT2D eigenvalue weighted by Crippen LogP contribution is -2.30. The molecule has 1 unspecified atom stereocenters. The number of fused-ring (bicyclic) bond motifs is 1. The topological polar surface area (TPSA) is 47.2 Å². The molecule has 1 aliphatic heterocycles. The summed E-state index contributed by atoms with van der Waals surface area (Å²) in [5.74, 6) is -0.130. The van der Waals surface area contributed by atoms with Gasteiger partial charge in [0, 0.05) is 29.7 Å². The maximum atomic E-state index is 12.8. The molecule has 166 valence electrons. The predicted octanol–water partition coefficient (Wildman–Crippen LogP) is 5.51. The van der Waals surface area contributed by atoms with Crippen molar-refractivity contribution in [3.05, 3.63) is 87.5 Å². The Morgan fingerprint density at radius 3 is 1.94 bits per heavy atom. The fourth-order valence-electron chi connectivity index (χ4n) is 3.56. The molecule has 2 aromatic carbocycles. The van der Waals surface area contributed by atoms with E-state index in [-0.39, 0.29) is 17.9 Å². The Morgan fingerprint density at radius 2 is 1.41 bits per heavy atom. The molecule has 0 spiro atoms. The van der Waals surface area contributed by atoms with Crippen molar-refractivity contribution in [2.24, 2.45) is 5.10 Å². The molecule has 0 amide bonds. The summed E-state index contributed by atoms with van der Waals surface area (Å²) in [4.78, 5) is 16.9. The SMILES string of the molecule is CC1=Nn2c(nc(-c3ccc(C(F)(F)F)cc3)cc2=O)CC1c1ccc(C(F)(F)F)cc1. The number of hydrogen-bond acceptors (Lipinski definition) is 3. The number of benzene rings is 2. The smallest absolute Gasteiger partial charge is 0.267 e. The predicted molar refractivity (Wildman–Crippen MR) is 105 cm³/mol. The van der Waals surface area contributed by atoms with Crippen LogP contribution in [-0.2, 0) is 18.8 Å². The highest BCUT2D eigenvalue weighted by Crippen LogP contribution is 2.33. The van der Waals surface area contributed by atoms with E-state index in [4.69, 9.17) is 0 Å². The zero-order valence-corrected chi connectivity index (χ0v) is 16.5. The standard InChI is InChI=1S/C22H15F6N3O/c1-12-17(13-2-6-15(7-3-13)21(23,24)25)10-19-29-18(11-20(32)31(19)30-12)14-4-8-16(9-5-14)22(26,27)28/h2-9,11,17H,10H2,1H3. The molecule has 3 aromatic rings. The van der Waals surface area contributed by atoms with Gasteiger partial charge in [0.15, 0.2) is 0 Å². The van der Waals surface area contributed by atoms with Crippen molar-refractivity contribution in [1.29, 1.82) is 0 Å². The molecule has 2 heterocycles. The van der Waals surface area contributed by atoms with Crippen LogP contribution < -0.4 is 5.56 Å². The summed E-state index contributed by atoms with van der Waals surface area (Å²) in [6.45, 7) is 1.67. The molecule has 10 heteroatoms. The van der Waals surface area contributed by atoms with Gasteiger partial charge in [-0.2, -0.15) is 36.1 Å². The minimum Gasteiger partial charge on any atom is -0.267 e. The minimum atomic E-state index is -4.48. The second-order valence-corrected chi connectivity index (χ2v) is 7.40. The van der Waals surface area contributed by atoms with Crippen molar-refractivity contribution >= 4 is 5.71 Å². The summed E-state index contributed by atoms with van der Waals surface area (Å²) < 4.78 is 78.0. The van der Waals surface area contributed by atoms with Crippen LogP contribution in [0, 0.1) is 0 Å². The first kappa shape index (κ1) is 21.8. The molecule has 4 rings (SSSR count). The number of aromatic nitrogens is 2. The first-order valence-electron chi connectivity index (χ1n) is 9.47. The lowest BCUT2D eigenvalue weighted by Gasteiger charge is -2.24. The molecule has 1 atom stereocenters. The molecule has 0 radical (unpaired) electrons. The summed E-state index contributed by atoms with van der Waals surface area (Å²) >= 11 is 0. The third-order valence-electron chi connectivity index (χ3n) is 5.26. The van der Waals surface area contributed by atoms with Crippen LogP contribution in [0.25, 0.3) is 11.3 Å². The third kappa shape index (κ3) is 4.17. The number of nitrogens with zero attached hydrogens (tertiary/aromatic N) is 3. The molecular weight excluding hydrogens is 436 g/mol. The van der Waals surface area contributed by atoms with Gasteiger partial charge in [0.1, 0.15) is 5.82 Å². The lowest BCUT2D eigenvalue weighted by atomic mass is 9.90. The van der Waals surface area contributed by atoms with Gasteiger partial charge in [0.25, 0.3) is 5.56 Å². The number of hydrogen-bond donors (Lipinski definition) is 0. The van der Waals surface area contributed by atoms with E-state index in [2.05, 4.69) is 10.1 Å². The van der Waals surface area contributed by atoms with Gasteiger partial charge in [-0.15, -0.1) is 0 Å². The van der Waals surface area contributed by atoms with Gasteiger partial charge in [-0.25, -0.2) is 4.98 Å². The summed E-state index contributed by atoms with van der Waals surface area (Å²) in [6, 6.07) is 10.1. The van der Waals surface area contributed by atoms with E-state index < -0.39 is 35.0 Å². The van der Waals surface area contributed by atoms with Crippen LogP contribution in [0.4, 0.5) is 26.3 Å². The van der Waals surface area contributed by atoms with Crippen LogP contribution in [0.2, 0.25) is 0 Å². The van der Waals surface area contributed by atoms with Gasteiger partial charge in [-0.05, 0) is 36.8 Å². The second kappa shape index (κ2) is 7.61. The van der Waals surface area contributed by atoms with Gasteiger partial charge in [-0.3, -0.25) is 4.79 Å². The molecule has 0 bridgehead atoms.